The summed E-state index contributed by atoms with van der Waals surface area (Å²) in [7, 11) is -3.50. The molecular formula is C12H16N2O5S. The molecule has 7 nitrogen and oxygen atoms in total. The van der Waals surface area contributed by atoms with E-state index in [2.05, 4.69) is 0 Å². The highest BCUT2D eigenvalue weighted by Crippen LogP contribution is 2.19. The first-order chi connectivity index (χ1) is 9.38. The van der Waals surface area contributed by atoms with Gasteiger partial charge in [-0.3, -0.25) is 10.1 Å². The van der Waals surface area contributed by atoms with Crippen LogP contribution >= 0.6 is 0 Å². The molecule has 0 saturated carbocycles. The maximum atomic E-state index is 12.2. The lowest BCUT2D eigenvalue weighted by atomic mass is 10.1. The SMILES string of the molecule is O=[N+]([O-])c1ccc(CS(=O)(=O)N2CCC[C@H](O)C2)cc1. The van der Waals surface area contributed by atoms with Crippen LogP contribution in [-0.4, -0.2) is 41.9 Å². The number of aliphatic hydroxyl groups excluding tert-OH is 1. The highest BCUT2D eigenvalue weighted by molar-refractivity contribution is 7.88. The van der Waals surface area contributed by atoms with Gasteiger partial charge >= 0.3 is 0 Å². The molecule has 1 atom stereocenters. The minimum Gasteiger partial charge on any atom is -0.392 e. The first-order valence-electron chi connectivity index (χ1n) is 6.28. The van der Waals surface area contributed by atoms with Crippen LogP contribution in [0.5, 0.6) is 0 Å². The van der Waals surface area contributed by atoms with Gasteiger partial charge in [-0.25, -0.2) is 8.42 Å². The van der Waals surface area contributed by atoms with Gasteiger partial charge in [0.15, 0.2) is 0 Å². The van der Waals surface area contributed by atoms with Crippen LogP contribution in [0.4, 0.5) is 5.69 Å². The largest absolute Gasteiger partial charge is 0.392 e. The third-order valence-electron chi connectivity index (χ3n) is 3.25. The van der Waals surface area contributed by atoms with Crippen molar-refractivity contribution < 1.29 is 18.4 Å². The molecule has 8 heteroatoms. The standard InChI is InChI=1S/C12H16N2O5S/c15-12-2-1-7-13(8-12)20(18,19)9-10-3-5-11(6-4-10)14(16)17/h3-6,12,15H,1-2,7-9H2/t12-/m0/s1. The van der Waals surface area contributed by atoms with Crippen LogP contribution < -0.4 is 0 Å². The van der Waals surface area contributed by atoms with Gasteiger partial charge in [0, 0.05) is 25.2 Å². The Kier molecular flexibility index (Phi) is 4.36. The molecule has 1 fully saturated rings. The maximum absolute atomic E-state index is 12.2. The fourth-order valence-electron chi connectivity index (χ4n) is 2.19. The molecule has 1 aliphatic rings. The van der Waals surface area contributed by atoms with Gasteiger partial charge < -0.3 is 5.11 Å². The third kappa shape index (κ3) is 3.53. The van der Waals surface area contributed by atoms with Gasteiger partial charge in [0.1, 0.15) is 0 Å². The van der Waals surface area contributed by atoms with Gasteiger partial charge in [0.05, 0.1) is 16.8 Å². The summed E-state index contributed by atoms with van der Waals surface area (Å²) in [5.41, 5.74) is 0.426. The minimum atomic E-state index is -3.50. The highest BCUT2D eigenvalue weighted by Gasteiger charge is 2.28. The van der Waals surface area contributed by atoms with Crippen molar-refractivity contribution in [3.05, 3.63) is 39.9 Å². The summed E-state index contributed by atoms with van der Waals surface area (Å²) in [6, 6.07) is 5.46. The van der Waals surface area contributed by atoms with E-state index in [1.807, 2.05) is 0 Å². The smallest absolute Gasteiger partial charge is 0.269 e. The number of piperidine rings is 1. The van der Waals surface area contributed by atoms with Gasteiger partial charge in [0.25, 0.3) is 5.69 Å². The molecule has 1 heterocycles. The molecule has 0 spiro atoms. The van der Waals surface area contributed by atoms with Crippen LogP contribution in [0.1, 0.15) is 18.4 Å². The van der Waals surface area contributed by atoms with Crippen molar-refractivity contribution in [3.63, 3.8) is 0 Å². The molecule has 0 amide bonds. The van der Waals surface area contributed by atoms with Crippen LogP contribution in [0.2, 0.25) is 0 Å². The van der Waals surface area contributed by atoms with Gasteiger partial charge in [0.2, 0.25) is 10.0 Å². The minimum absolute atomic E-state index is 0.0699. The molecule has 0 bridgehead atoms. The number of nitrogens with zero attached hydrogens (tertiary/aromatic N) is 2. The molecule has 20 heavy (non-hydrogen) atoms. The molecule has 0 aliphatic carbocycles. The van der Waals surface area contributed by atoms with Crippen LogP contribution in [0, 0.1) is 10.1 Å². The topological polar surface area (TPSA) is 101 Å². The van der Waals surface area contributed by atoms with Crippen molar-refractivity contribution in [1.29, 1.82) is 0 Å². The highest BCUT2D eigenvalue weighted by atomic mass is 32.2. The zero-order chi connectivity index (χ0) is 14.8. The Morgan fingerprint density at radius 3 is 2.55 bits per heavy atom. The molecule has 0 aromatic heterocycles. The molecule has 1 aliphatic heterocycles. The third-order valence-corrected chi connectivity index (χ3v) is 5.07. The zero-order valence-corrected chi connectivity index (χ0v) is 11.6. The summed E-state index contributed by atoms with van der Waals surface area (Å²) in [6.07, 6.45) is 0.639. The van der Waals surface area contributed by atoms with E-state index < -0.39 is 21.1 Å². The van der Waals surface area contributed by atoms with Crippen molar-refractivity contribution in [1.82, 2.24) is 4.31 Å². The number of sulfonamides is 1. The average molecular weight is 300 g/mol. The number of hydrogen-bond acceptors (Lipinski definition) is 5. The number of rotatable bonds is 4. The second kappa shape index (κ2) is 5.86. The molecule has 0 unspecified atom stereocenters. The van der Waals surface area contributed by atoms with E-state index in [0.29, 0.717) is 24.9 Å². The van der Waals surface area contributed by atoms with Crippen LogP contribution in [0.25, 0.3) is 0 Å². The second-order valence-electron chi connectivity index (χ2n) is 4.83. The van der Waals surface area contributed by atoms with Crippen LogP contribution in [0.3, 0.4) is 0 Å². The molecule has 2 rings (SSSR count). The number of benzene rings is 1. The monoisotopic (exact) mass is 300 g/mol. The Labute approximate surface area is 117 Å². The fourth-order valence-corrected chi connectivity index (χ4v) is 3.79. The van der Waals surface area contributed by atoms with E-state index in [1.165, 1.54) is 28.6 Å². The normalized spacial score (nSPS) is 20.8. The zero-order valence-electron chi connectivity index (χ0n) is 10.8. The molecule has 1 aromatic carbocycles. The number of hydrogen-bond donors (Lipinski definition) is 1. The van der Waals surface area contributed by atoms with Gasteiger partial charge in [-0.05, 0) is 18.4 Å². The summed E-state index contributed by atoms with van der Waals surface area (Å²) >= 11 is 0. The molecular weight excluding hydrogens is 284 g/mol. The Balaban J connectivity index is 2.09. The molecule has 1 aromatic rings. The molecule has 0 radical (unpaired) electrons. The predicted octanol–water partition coefficient (Wildman–Crippen LogP) is 0.881. The lowest BCUT2D eigenvalue weighted by Gasteiger charge is -2.29. The van der Waals surface area contributed by atoms with Crippen molar-refractivity contribution in [3.8, 4) is 0 Å². The van der Waals surface area contributed by atoms with Crippen LogP contribution in [0.15, 0.2) is 24.3 Å². The quantitative estimate of drug-likeness (QED) is 0.657. The van der Waals surface area contributed by atoms with E-state index in [4.69, 9.17) is 0 Å². The van der Waals surface area contributed by atoms with Crippen molar-refractivity contribution >= 4 is 15.7 Å². The first-order valence-corrected chi connectivity index (χ1v) is 7.88. The summed E-state index contributed by atoms with van der Waals surface area (Å²) < 4.78 is 25.7. The van der Waals surface area contributed by atoms with Crippen LogP contribution in [-0.2, 0) is 15.8 Å². The Morgan fingerprint density at radius 2 is 2.00 bits per heavy atom. The van der Waals surface area contributed by atoms with E-state index in [0.717, 1.165) is 0 Å². The van der Waals surface area contributed by atoms with Crippen molar-refractivity contribution in [2.45, 2.75) is 24.7 Å². The lowest BCUT2D eigenvalue weighted by molar-refractivity contribution is -0.384. The summed E-state index contributed by atoms with van der Waals surface area (Å²) in [5, 5.41) is 20.1. The van der Waals surface area contributed by atoms with E-state index >= 15 is 0 Å². The van der Waals surface area contributed by atoms with E-state index in [9.17, 15) is 23.6 Å². The number of aliphatic hydroxyl groups is 1. The first kappa shape index (κ1) is 14.9. The Bertz CT molecular complexity index is 584. The molecule has 1 saturated heterocycles. The second-order valence-corrected chi connectivity index (χ2v) is 6.80. The average Bonchev–Trinajstić information content (AvgIpc) is 2.39. The fraction of sp³-hybridized carbons (Fsp3) is 0.500. The maximum Gasteiger partial charge on any atom is 0.269 e. The van der Waals surface area contributed by atoms with E-state index in [-0.39, 0.29) is 18.0 Å². The summed E-state index contributed by atoms with van der Waals surface area (Å²) in [4.78, 5) is 10.0. The number of non-ortho nitro benzene ring substituents is 1. The molecule has 110 valence electrons. The number of β-amino-alcohol motifs (C(OH)–C–C–N with tert-alkyl or cyclic N) is 1. The molecule has 1 N–H and O–H groups in total. The summed E-state index contributed by atoms with van der Waals surface area (Å²) in [6.45, 7) is 0.529. The predicted molar refractivity (Wildman–Crippen MR) is 72.5 cm³/mol. The lowest BCUT2D eigenvalue weighted by Crippen LogP contribution is -2.42. The van der Waals surface area contributed by atoms with Gasteiger partial charge in [-0.1, -0.05) is 12.1 Å². The van der Waals surface area contributed by atoms with Crippen molar-refractivity contribution in [2.24, 2.45) is 0 Å². The number of nitro benzene ring substituents is 1. The van der Waals surface area contributed by atoms with E-state index in [1.54, 1.807) is 0 Å². The van der Waals surface area contributed by atoms with Gasteiger partial charge in [-0.2, -0.15) is 4.31 Å². The van der Waals surface area contributed by atoms with Gasteiger partial charge in [-0.15, -0.1) is 0 Å². The Morgan fingerprint density at radius 1 is 1.35 bits per heavy atom. The Hall–Kier alpha value is -1.51. The summed E-state index contributed by atoms with van der Waals surface area (Å²) in [5.74, 6) is -0.211. The number of nitro groups is 1. The van der Waals surface area contributed by atoms with Crippen molar-refractivity contribution in [2.75, 3.05) is 13.1 Å².